The molecular formula is C23H19N. The van der Waals surface area contributed by atoms with Crippen LogP contribution in [0.1, 0.15) is 22.4 Å². The molecule has 1 heteroatoms. The van der Waals surface area contributed by atoms with Crippen LogP contribution in [0.5, 0.6) is 0 Å². The number of fused-ring (bicyclic) bond motifs is 1. The van der Waals surface area contributed by atoms with E-state index in [4.69, 9.17) is 4.98 Å². The van der Waals surface area contributed by atoms with Crippen molar-refractivity contribution in [1.82, 2.24) is 4.98 Å². The van der Waals surface area contributed by atoms with E-state index >= 15 is 0 Å². The van der Waals surface area contributed by atoms with E-state index in [0.717, 1.165) is 24.1 Å². The lowest BCUT2D eigenvalue weighted by Gasteiger charge is -2.10. The molecule has 0 saturated heterocycles. The topological polar surface area (TPSA) is 12.9 Å². The Bertz CT molecular complexity index is 943. The van der Waals surface area contributed by atoms with Crippen molar-refractivity contribution < 1.29 is 0 Å². The molecule has 0 spiro atoms. The van der Waals surface area contributed by atoms with Crippen molar-refractivity contribution in [2.45, 2.75) is 12.8 Å². The van der Waals surface area contributed by atoms with Gasteiger partial charge in [0, 0.05) is 17.5 Å². The van der Waals surface area contributed by atoms with Gasteiger partial charge in [-0.1, -0.05) is 78.9 Å². The van der Waals surface area contributed by atoms with Crippen LogP contribution < -0.4 is 0 Å². The van der Waals surface area contributed by atoms with Crippen molar-refractivity contribution in [2.24, 2.45) is 0 Å². The molecule has 24 heavy (non-hydrogen) atoms. The molecule has 0 fully saturated rings. The number of aromatic nitrogens is 1. The molecule has 0 bridgehead atoms. The Morgan fingerprint density at radius 3 is 1.88 bits per heavy atom. The molecule has 1 nitrogen and oxygen atoms in total. The van der Waals surface area contributed by atoms with Gasteiger partial charge in [-0.05, 0) is 35.2 Å². The second-order valence-corrected chi connectivity index (χ2v) is 6.11. The van der Waals surface area contributed by atoms with Crippen LogP contribution >= 0.6 is 0 Å². The van der Waals surface area contributed by atoms with Crippen molar-refractivity contribution in [3.8, 4) is 0 Å². The molecule has 0 N–H and O–H groups in total. The summed E-state index contributed by atoms with van der Waals surface area (Å²) in [7, 11) is 0. The lowest BCUT2D eigenvalue weighted by atomic mass is 9.98. The van der Waals surface area contributed by atoms with Crippen LogP contribution in [0.25, 0.3) is 10.9 Å². The molecular weight excluding hydrogens is 290 g/mol. The molecule has 0 aliphatic carbocycles. The summed E-state index contributed by atoms with van der Waals surface area (Å²) in [6.45, 7) is 0. The van der Waals surface area contributed by atoms with Crippen molar-refractivity contribution in [2.75, 3.05) is 0 Å². The lowest BCUT2D eigenvalue weighted by molar-refractivity contribution is 1.08. The number of nitrogens with zero attached hydrogens (tertiary/aromatic N) is 1. The molecule has 4 rings (SSSR count). The molecule has 0 unspecified atom stereocenters. The van der Waals surface area contributed by atoms with E-state index in [9.17, 15) is 0 Å². The number of pyridine rings is 1. The van der Waals surface area contributed by atoms with E-state index in [1.54, 1.807) is 0 Å². The van der Waals surface area contributed by atoms with E-state index in [1.807, 2.05) is 0 Å². The summed E-state index contributed by atoms with van der Waals surface area (Å²) < 4.78 is 0. The Morgan fingerprint density at radius 1 is 0.583 bits per heavy atom. The number of rotatable bonds is 4. The highest BCUT2D eigenvalue weighted by molar-refractivity contribution is 5.82. The lowest BCUT2D eigenvalue weighted by Crippen LogP contribution is -1.98. The van der Waals surface area contributed by atoms with Crippen LogP contribution in [0.3, 0.4) is 0 Å². The first-order valence-corrected chi connectivity index (χ1v) is 8.34. The zero-order valence-corrected chi connectivity index (χ0v) is 13.5. The van der Waals surface area contributed by atoms with Crippen LogP contribution in [0, 0.1) is 0 Å². The molecule has 1 aromatic heterocycles. The monoisotopic (exact) mass is 309 g/mol. The molecule has 1 heterocycles. The first-order valence-electron chi connectivity index (χ1n) is 8.34. The number of hydrogen-bond acceptors (Lipinski definition) is 1. The first kappa shape index (κ1) is 14.6. The van der Waals surface area contributed by atoms with Crippen LogP contribution in [-0.2, 0) is 12.8 Å². The normalized spacial score (nSPS) is 10.8. The Labute approximate surface area is 142 Å². The Morgan fingerprint density at radius 2 is 1.17 bits per heavy atom. The van der Waals surface area contributed by atoms with E-state index < -0.39 is 0 Å². The van der Waals surface area contributed by atoms with Gasteiger partial charge in [-0.25, -0.2) is 0 Å². The molecule has 116 valence electrons. The van der Waals surface area contributed by atoms with Crippen molar-refractivity contribution >= 4 is 10.9 Å². The molecule has 0 aliphatic rings. The summed E-state index contributed by atoms with van der Waals surface area (Å²) in [5, 5.41) is 1.25. The number of para-hydroxylation sites is 1. The quantitative estimate of drug-likeness (QED) is 0.491. The molecule has 0 amide bonds. The van der Waals surface area contributed by atoms with Crippen molar-refractivity contribution in [3.63, 3.8) is 0 Å². The Balaban J connectivity index is 1.76. The smallest absolute Gasteiger partial charge is 0.0708 e. The van der Waals surface area contributed by atoms with E-state index in [0.29, 0.717) is 0 Å². The van der Waals surface area contributed by atoms with Gasteiger partial charge in [-0.15, -0.1) is 0 Å². The molecule has 0 radical (unpaired) electrons. The highest BCUT2D eigenvalue weighted by atomic mass is 14.7. The van der Waals surface area contributed by atoms with Gasteiger partial charge < -0.3 is 0 Å². The first-order chi connectivity index (χ1) is 11.9. The minimum atomic E-state index is 0.869. The fraction of sp³-hybridized carbons (Fsp3) is 0.0870. The van der Waals surface area contributed by atoms with Gasteiger partial charge in [0.15, 0.2) is 0 Å². The zero-order valence-electron chi connectivity index (χ0n) is 13.5. The van der Waals surface area contributed by atoms with E-state index in [1.165, 1.54) is 22.1 Å². The summed E-state index contributed by atoms with van der Waals surface area (Å²) in [4.78, 5) is 4.87. The van der Waals surface area contributed by atoms with Crippen LogP contribution in [0.15, 0.2) is 91.0 Å². The van der Waals surface area contributed by atoms with Gasteiger partial charge in [-0.2, -0.15) is 0 Å². The highest BCUT2D eigenvalue weighted by Crippen LogP contribution is 2.22. The Kier molecular flexibility index (Phi) is 4.07. The largest absolute Gasteiger partial charge is 0.252 e. The average Bonchev–Trinajstić information content (AvgIpc) is 2.63. The zero-order chi connectivity index (χ0) is 16.2. The predicted octanol–water partition coefficient (Wildman–Crippen LogP) is 5.42. The molecule has 4 aromatic rings. The van der Waals surface area contributed by atoms with Crippen LogP contribution in [-0.4, -0.2) is 4.98 Å². The maximum atomic E-state index is 4.87. The van der Waals surface area contributed by atoms with Gasteiger partial charge in [-0.3, -0.25) is 4.98 Å². The van der Waals surface area contributed by atoms with Gasteiger partial charge in [0.1, 0.15) is 0 Å². The molecule has 0 saturated carbocycles. The number of benzene rings is 3. The van der Waals surface area contributed by atoms with Gasteiger partial charge in [0.05, 0.1) is 5.52 Å². The van der Waals surface area contributed by atoms with Crippen LogP contribution in [0.2, 0.25) is 0 Å². The summed E-state index contributed by atoms with van der Waals surface area (Å²) in [5.41, 5.74) is 6.19. The van der Waals surface area contributed by atoms with Crippen LogP contribution in [0.4, 0.5) is 0 Å². The maximum Gasteiger partial charge on any atom is 0.0708 e. The minimum Gasteiger partial charge on any atom is -0.252 e. The van der Waals surface area contributed by atoms with Crippen molar-refractivity contribution in [1.29, 1.82) is 0 Å². The minimum absolute atomic E-state index is 0.869. The second-order valence-electron chi connectivity index (χ2n) is 6.11. The third kappa shape index (κ3) is 3.21. The highest BCUT2D eigenvalue weighted by Gasteiger charge is 2.07. The maximum absolute atomic E-state index is 4.87. The summed E-state index contributed by atoms with van der Waals surface area (Å²) in [6, 6.07) is 31.9. The summed E-state index contributed by atoms with van der Waals surface area (Å²) >= 11 is 0. The summed E-state index contributed by atoms with van der Waals surface area (Å²) in [5.74, 6) is 0. The van der Waals surface area contributed by atoms with Gasteiger partial charge >= 0.3 is 0 Å². The molecule has 0 atom stereocenters. The van der Waals surface area contributed by atoms with Crippen molar-refractivity contribution in [3.05, 3.63) is 113 Å². The fourth-order valence-corrected chi connectivity index (χ4v) is 3.17. The fourth-order valence-electron chi connectivity index (χ4n) is 3.17. The van der Waals surface area contributed by atoms with Gasteiger partial charge in [0.2, 0.25) is 0 Å². The van der Waals surface area contributed by atoms with E-state index in [2.05, 4.69) is 91.0 Å². The predicted molar refractivity (Wildman–Crippen MR) is 100 cm³/mol. The molecule has 3 aromatic carbocycles. The SMILES string of the molecule is c1ccc(Cc2cc(Cc3ccccc3)c3ccccc3n2)cc1. The average molecular weight is 309 g/mol. The second kappa shape index (κ2) is 6.67. The standard InChI is InChI=1S/C23H19N/c1-3-9-18(10-4-1)15-20-17-21(16-19-11-5-2-6-12-19)24-23-14-8-7-13-22(20)23/h1-14,17H,15-16H2. The third-order valence-electron chi connectivity index (χ3n) is 4.32. The molecule has 0 aliphatic heterocycles. The van der Waals surface area contributed by atoms with E-state index in [-0.39, 0.29) is 0 Å². The third-order valence-corrected chi connectivity index (χ3v) is 4.32. The Hall–Kier alpha value is -2.93. The summed E-state index contributed by atoms with van der Waals surface area (Å²) in [6.07, 6.45) is 1.80. The number of hydrogen-bond donors (Lipinski definition) is 0. The van der Waals surface area contributed by atoms with Gasteiger partial charge in [0.25, 0.3) is 0 Å².